The van der Waals surface area contributed by atoms with Gasteiger partial charge in [-0.2, -0.15) is 15.0 Å². The zero-order chi connectivity index (χ0) is 15.2. The Morgan fingerprint density at radius 3 is 2.67 bits per heavy atom. The number of hydrogen-bond acceptors (Lipinski definition) is 5. The minimum Gasteiger partial charge on any atom is -0.464 e. The Morgan fingerprint density at radius 1 is 1.19 bits per heavy atom. The monoisotopic (exact) mass is 290 g/mol. The van der Waals surface area contributed by atoms with Crippen LogP contribution in [0.3, 0.4) is 0 Å². The molecule has 0 bridgehead atoms. The van der Waals surface area contributed by atoms with E-state index in [1.807, 2.05) is 13.8 Å². The molecule has 0 saturated heterocycles. The van der Waals surface area contributed by atoms with Gasteiger partial charge in [0.2, 0.25) is 5.95 Å². The van der Waals surface area contributed by atoms with Gasteiger partial charge in [-0.1, -0.05) is 6.92 Å². The number of nitrogens with zero attached hydrogens (tertiary/aromatic N) is 3. The third-order valence-corrected chi connectivity index (χ3v) is 2.85. The minimum atomic E-state index is -0.278. The van der Waals surface area contributed by atoms with Crippen molar-refractivity contribution in [2.45, 2.75) is 27.2 Å². The van der Waals surface area contributed by atoms with Crippen LogP contribution in [0.2, 0.25) is 0 Å². The first-order chi connectivity index (χ1) is 10.1. The summed E-state index contributed by atoms with van der Waals surface area (Å²) in [5.41, 5.74) is 1.53. The first-order valence-corrected chi connectivity index (χ1v) is 7.03. The number of benzene rings is 1. The van der Waals surface area contributed by atoms with E-state index in [1.54, 1.807) is 6.07 Å². The molecule has 1 heterocycles. The molecule has 112 valence electrons. The molecule has 1 aromatic heterocycles. The highest BCUT2D eigenvalue weighted by atomic mass is 19.1. The van der Waals surface area contributed by atoms with Gasteiger partial charge >= 0.3 is 6.01 Å². The lowest BCUT2D eigenvalue weighted by atomic mass is 10.1. The lowest BCUT2D eigenvalue weighted by Gasteiger charge is -2.10. The fourth-order valence-corrected chi connectivity index (χ4v) is 1.86. The average Bonchev–Trinajstić information content (AvgIpc) is 2.45. The molecule has 1 aromatic carbocycles. The highest BCUT2D eigenvalue weighted by molar-refractivity contribution is 5.61. The SMILES string of the molecule is CCCNc1nc(OCC)nc(-c2ccc(F)cc2C)n1. The van der Waals surface area contributed by atoms with Crippen molar-refractivity contribution >= 4 is 5.95 Å². The Hall–Kier alpha value is -2.24. The summed E-state index contributed by atoms with van der Waals surface area (Å²) in [6.45, 7) is 6.98. The Bertz CT molecular complexity index is 619. The summed E-state index contributed by atoms with van der Waals surface area (Å²) in [6, 6.07) is 4.79. The maximum atomic E-state index is 13.2. The Morgan fingerprint density at radius 2 is 2.00 bits per heavy atom. The third kappa shape index (κ3) is 3.87. The molecule has 2 rings (SSSR count). The van der Waals surface area contributed by atoms with Crippen LogP contribution in [-0.4, -0.2) is 28.1 Å². The van der Waals surface area contributed by atoms with Crippen LogP contribution in [0.5, 0.6) is 6.01 Å². The fourth-order valence-electron chi connectivity index (χ4n) is 1.86. The van der Waals surface area contributed by atoms with Gasteiger partial charge in [0.1, 0.15) is 5.82 Å². The number of rotatable bonds is 6. The van der Waals surface area contributed by atoms with Gasteiger partial charge in [-0.15, -0.1) is 0 Å². The molecule has 0 spiro atoms. The first kappa shape index (κ1) is 15.2. The molecule has 21 heavy (non-hydrogen) atoms. The van der Waals surface area contributed by atoms with E-state index in [9.17, 15) is 4.39 Å². The topological polar surface area (TPSA) is 59.9 Å². The van der Waals surface area contributed by atoms with E-state index in [-0.39, 0.29) is 11.8 Å². The van der Waals surface area contributed by atoms with Gasteiger partial charge in [0.25, 0.3) is 0 Å². The normalized spacial score (nSPS) is 10.5. The van der Waals surface area contributed by atoms with E-state index in [4.69, 9.17) is 4.74 Å². The van der Waals surface area contributed by atoms with Crippen LogP contribution < -0.4 is 10.1 Å². The molecule has 2 aromatic rings. The lowest BCUT2D eigenvalue weighted by molar-refractivity contribution is 0.312. The standard InChI is InChI=1S/C15H19FN4O/c1-4-8-17-14-18-13(19-15(20-14)21-5-2)12-7-6-11(16)9-10(12)3/h6-7,9H,4-5,8H2,1-3H3,(H,17,18,19,20). The minimum absolute atomic E-state index is 0.268. The van der Waals surface area contributed by atoms with Crippen molar-refractivity contribution in [2.75, 3.05) is 18.5 Å². The smallest absolute Gasteiger partial charge is 0.321 e. The summed E-state index contributed by atoms with van der Waals surface area (Å²) in [6.07, 6.45) is 0.959. The molecule has 0 fully saturated rings. The van der Waals surface area contributed by atoms with E-state index in [0.717, 1.165) is 24.1 Å². The Labute approximate surface area is 123 Å². The average molecular weight is 290 g/mol. The molecular formula is C15H19FN4O. The largest absolute Gasteiger partial charge is 0.464 e. The van der Waals surface area contributed by atoms with E-state index < -0.39 is 0 Å². The quantitative estimate of drug-likeness (QED) is 0.885. The van der Waals surface area contributed by atoms with Crippen molar-refractivity contribution in [1.29, 1.82) is 0 Å². The van der Waals surface area contributed by atoms with Gasteiger partial charge in [-0.3, -0.25) is 0 Å². The van der Waals surface area contributed by atoms with Crippen LogP contribution in [0.4, 0.5) is 10.3 Å². The zero-order valence-electron chi connectivity index (χ0n) is 12.5. The summed E-state index contributed by atoms with van der Waals surface area (Å²) in [5.74, 6) is 0.665. The van der Waals surface area contributed by atoms with E-state index in [0.29, 0.717) is 18.4 Å². The van der Waals surface area contributed by atoms with E-state index in [2.05, 4.69) is 27.2 Å². The molecule has 0 amide bonds. The van der Waals surface area contributed by atoms with Gasteiger partial charge in [-0.25, -0.2) is 4.39 Å². The number of aromatic nitrogens is 3. The van der Waals surface area contributed by atoms with Crippen molar-refractivity contribution in [1.82, 2.24) is 15.0 Å². The van der Waals surface area contributed by atoms with E-state index >= 15 is 0 Å². The van der Waals surface area contributed by atoms with E-state index in [1.165, 1.54) is 12.1 Å². The summed E-state index contributed by atoms with van der Waals surface area (Å²) in [7, 11) is 0. The maximum Gasteiger partial charge on any atom is 0.321 e. The molecule has 0 saturated carbocycles. The number of ether oxygens (including phenoxy) is 1. The van der Waals surface area contributed by atoms with Gasteiger partial charge < -0.3 is 10.1 Å². The molecule has 0 aliphatic heterocycles. The predicted octanol–water partition coefficient (Wildman–Crippen LogP) is 3.21. The van der Waals surface area contributed by atoms with Gasteiger partial charge in [0.05, 0.1) is 6.61 Å². The molecular weight excluding hydrogens is 271 g/mol. The number of anilines is 1. The van der Waals surface area contributed by atoms with Crippen LogP contribution in [0.25, 0.3) is 11.4 Å². The second-order valence-corrected chi connectivity index (χ2v) is 4.58. The summed E-state index contributed by atoms with van der Waals surface area (Å²) < 4.78 is 18.6. The number of hydrogen-bond donors (Lipinski definition) is 1. The second-order valence-electron chi connectivity index (χ2n) is 4.58. The lowest BCUT2D eigenvalue weighted by Crippen LogP contribution is -2.09. The summed E-state index contributed by atoms with van der Waals surface area (Å²) >= 11 is 0. The highest BCUT2D eigenvalue weighted by Crippen LogP contribution is 2.23. The zero-order valence-corrected chi connectivity index (χ0v) is 12.5. The molecule has 1 N–H and O–H groups in total. The first-order valence-electron chi connectivity index (χ1n) is 7.03. The van der Waals surface area contributed by atoms with Gasteiger partial charge in [0, 0.05) is 12.1 Å². The maximum absolute atomic E-state index is 13.2. The number of aryl methyl sites for hydroxylation is 1. The van der Waals surface area contributed by atoms with Crippen LogP contribution in [-0.2, 0) is 0 Å². The highest BCUT2D eigenvalue weighted by Gasteiger charge is 2.11. The van der Waals surface area contributed by atoms with Crippen molar-refractivity contribution in [2.24, 2.45) is 0 Å². The molecule has 0 aliphatic carbocycles. The van der Waals surface area contributed by atoms with Crippen molar-refractivity contribution in [3.05, 3.63) is 29.6 Å². The fraction of sp³-hybridized carbons (Fsp3) is 0.400. The van der Waals surface area contributed by atoms with Crippen molar-refractivity contribution in [3.63, 3.8) is 0 Å². The Kier molecular flexibility index (Phi) is 5.03. The number of halogens is 1. The third-order valence-electron chi connectivity index (χ3n) is 2.85. The van der Waals surface area contributed by atoms with Crippen molar-refractivity contribution < 1.29 is 9.13 Å². The van der Waals surface area contributed by atoms with Gasteiger partial charge in [0.15, 0.2) is 5.82 Å². The van der Waals surface area contributed by atoms with Crippen molar-refractivity contribution in [3.8, 4) is 17.4 Å². The van der Waals surface area contributed by atoms with Crippen LogP contribution >= 0.6 is 0 Å². The predicted molar refractivity (Wildman–Crippen MR) is 79.9 cm³/mol. The van der Waals surface area contributed by atoms with Crippen LogP contribution in [0.15, 0.2) is 18.2 Å². The summed E-state index contributed by atoms with van der Waals surface area (Å²) in [4.78, 5) is 12.9. The summed E-state index contributed by atoms with van der Waals surface area (Å²) in [5, 5.41) is 3.12. The molecule has 0 atom stereocenters. The second kappa shape index (κ2) is 6.97. The molecule has 0 unspecified atom stereocenters. The molecule has 0 radical (unpaired) electrons. The van der Waals surface area contributed by atoms with Crippen LogP contribution in [0, 0.1) is 12.7 Å². The van der Waals surface area contributed by atoms with Crippen LogP contribution in [0.1, 0.15) is 25.8 Å². The molecule has 6 heteroatoms. The molecule has 0 aliphatic rings. The number of nitrogens with one attached hydrogen (secondary N) is 1. The Balaban J connectivity index is 2.43. The molecule has 5 nitrogen and oxygen atoms in total. The van der Waals surface area contributed by atoms with Gasteiger partial charge in [-0.05, 0) is 44.0 Å².